The fraction of sp³-hybridized carbons (Fsp3) is 0.632. The SMILES string of the molecule is Cc1cccc(N2CCN(C(=O)CNCC3CCCO3)CC2)c1C. The molecule has 5 heteroatoms. The predicted octanol–water partition coefficient (Wildman–Crippen LogP) is 1.72. The zero-order valence-corrected chi connectivity index (χ0v) is 14.9. The summed E-state index contributed by atoms with van der Waals surface area (Å²) < 4.78 is 5.57. The molecular formula is C19H29N3O2. The zero-order chi connectivity index (χ0) is 16.9. The molecule has 0 radical (unpaired) electrons. The molecule has 1 unspecified atom stereocenters. The summed E-state index contributed by atoms with van der Waals surface area (Å²) >= 11 is 0. The zero-order valence-electron chi connectivity index (χ0n) is 14.9. The molecule has 0 aromatic heterocycles. The number of carbonyl (C=O) groups excluding carboxylic acids is 1. The summed E-state index contributed by atoms with van der Waals surface area (Å²) in [4.78, 5) is 16.7. The van der Waals surface area contributed by atoms with E-state index in [9.17, 15) is 4.79 Å². The van der Waals surface area contributed by atoms with Gasteiger partial charge in [0, 0.05) is 45.0 Å². The van der Waals surface area contributed by atoms with Crippen LogP contribution in [0.4, 0.5) is 5.69 Å². The first-order valence-electron chi connectivity index (χ1n) is 9.06. The van der Waals surface area contributed by atoms with Crippen LogP contribution in [0.15, 0.2) is 18.2 Å². The normalized spacial score (nSPS) is 21.3. The molecule has 132 valence electrons. The minimum absolute atomic E-state index is 0.202. The van der Waals surface area contributed by atoms with Crippen molar-refractivity contribution in [2.24, 2.45) is 0 Å². The summed E-state index contributed by atoms with van der Waals surface area (Å²) in [6, 6.07) is 6.45. The van der Waals surface area contributed by atoms with Crippen molar-refractivity contribution in [2.45, 2.75) is 32.8 Å². The Bertz CT molecular complexity index is 562. The molecule has 5 nitrogen and oxygen atoms in total. The van der Waals surface area contributed by atoms with Gasteiger partial charge >= 0.3 is 0 Å². The average molecular weight is 331 g/mol. The third kappa shape index (κ3) is 4.08. The molecule has 2 heterocycles. The van der Waals surface area contributed by atoms with E-state index in [1.165, 1.54) is 16.8 Å². The Morgan fingerprint density at radius 1 is 1.25 bits per heavy atom. The van der Waals surface area contributed by atoms with Crippen molar-refractivity contribution in [1.82, 2.24) is 10.2 Å². The largest absolute Gasteiger partial charge is 0.377 e. The van der Waals surface area contributed by atoms with Crippen molar-refractivity contribution in [3.8, 4) is 0 Å². The monoisotopic (exact) mass is 331 g/mol. The van der Waals surface area contributed by atoms with Crippen LogP contribution in [-0.4, -0.2) is 62.8 Å². The van der Waals surface area contributed by atoms with Crippen LogP contribution in [0.5, 0.6) is 0 Å². The smallest absolute Gasteiger partial charge is 0.236 e. The Kier molecular flexibility index (Phi) is 5.74. The Balaban J connectivity index is 1.44. The summed E-state index contributed by atoms with van der Waals surface area (Å²) in [6.45, 7) is 9.80. The summed E-state index contributed by atoms with van der Waals surface area (Å²) in [5.74, 6) is 0.202. The van der Waals surface area contributed by atoms with Crippen LogP contribution in [0.2, 0.25) is 0 Å². The van der Waals surface area contributed by atoms with Crippen molar-refractivity contribution in [3.63, 3.8) is 0 Å². The van der Waals surface area contributed by atoms with Crippen LogP contribution in [-0.2, 0) is 9.53 Å². The van der Waals surface area contributed by atoms with E-state index in [0.29, 0.717) is 12.6 Å². The molecule has 0 bridgehead atoms. The quantitative estimate of drug-likeness (QED) is 0.892. The van der Waals surface area contributed by atoms with Crippen molar-refractivity contribution in [1.29, 1.82) is 0 Å². The summed E-state index contributed by atoms with van der Waals surface area (Å²) in [7, 11) is 0. The number of ether oxygens (including phenoxy) is 1. The van der Waals surface area contributed by atoms with Crippen molar-refractivity contribution in [3.05, 3.63) is 29.3 Å². The van der Waals surface area contributed by atoms with Gasteiger partial charge in [0.1, 0.15) is 0 Å². The second-order valence-corrected chi connectivity index (χ2v) is 6.85. The molecule has 0 spiro atoms. The molecule has 2 aliphatic heterocycles. The number of rotatable bonds is 5. The molecule has 1 atom stereocenters. The highest BCUT2D eigenvalue weighted by Crippen LogP contribution is 2.23. The highest BCUT2D eigenvalue weighted by atomic mass is 16.5. The van der Waals surface area contributed by atoms with Crippen LogP contribution in [0, 0.1) is 13.8 Å². The Morgan fingerprint density at radius 2 is 2.04 bits per heavy atom. The number of amides is 1. The fourth-order valence-electron chi connectivity index (χ4n) is 3.53. The molecule has 1 aromatic rings. The first kappa shape index (κ1) is 17.2. The lowest BCUT2D eigenvalue weighted by Crippen LogP contribution is -2.51. The van der Waals surface area contributed by atoms with Crippen LogP contribution in [0.1, 0.15) is 24.0 Å². The van der Waals surface area contributed by atoms with Gasteiger partial charge in [-0.05, 0) is 43.9 Å². The number of nitrogens with zero attached hydrogens (tertiary/aromatic N) is 2. The second kappa shape index (κ2) is 7.99. The van der Waals surface area contributed by atoms with Gasteiger partial charge in [-0.1, -0.05) is 12.1 Å². The number of benzene rings is 1. The van der Waals surface area contributed by atoms with E-state index in [1.807, 2.05) is 4.90 Å². The van der Waals surface area contributed by atoms with E-state index in [4.69, 9.17) is 4.74 Å². The first-order valence-corrected chi connectivity index (χ1v) is 9.06. The first-order chi connectivity index (χ1) is 11.6. The molecule has 1 amide bonds. The summed E-state index contributed by atoms with van der Waals surface area (Å²) in [5.41, 5.74) is 3.97. The Labute approximate surface area is 145 Å². The van der Waals surface area contributed by atoms with Gasteiger partial charge in [0.25, 0.3) is 0 Å². The lowest BCUT2D eigenvalue weighted by atomic mass is 10.1. The van der Waals surface area contributed by atoms with Crippen LogP contribution in [0.25, 0.3) is 0 Å². The van der Waals surface area contributed by atoms with Gasteiger partial charge in [0.05, 0.1) is 12.6 Å². The Morgan fingerprint density at radius 3 is 2.75 bits per heavy atom. The third-order valence-electron chi connectivity index (χ3n) is 5.22. The van der Waals surface area contributed by atoms with Gasteiger partial charge in [-0.2, -0.15) is 0 Å². The highest BCUT2D eigenvalue weighted by Gasteiger charge is 2.22. The molecular weight excluding hydrogens is 302 g/mol. The maximum atomic E-state index is 12.3. The van der Waals surface area contributed by atoms with Gasteiger partial charge in [0.15, 0.2) is 0 Å². The lowest BCUT2D eigenvalue weighted by Gasteiger charge is -2.37. The van der Waals surface area contributed by atoms with E-state index in [2.05, 4.69) is 42.3 Å². The van der Waals surface area contributed by atoms with Crippen LogP contribution >= 0.6 is 0 Å². The van der Waals surface area contributed by atoms with Gasteiger partial charge < -0.3 is 19.9 Å². The fourth-order valence-corrected chi connectivity index (χ4v) is 3.53. The molecule has 3 rings (SSSR count). The number of hydrogen-bond donors (Lipinski definition) is 1. The highest BCUT2D eigenvalue weighted by molar-refractivity contribution is 5.78. The van der Waals surface area contributed by atoms with Gasteiger partial charge in [-0.15, -0.1) is 0 Å². The van der Waals surface area contributed by atoms with Gasteiger partial charge in [-0.3, -0.25) is 4.79 Å². The average Bonchev–Trinajstić information content (AvgIpc) is 3.11. The standard InChI is InChI=1S/C19H29N3O2/c1-15-5-3-7-18(16(15)2)21-8-10-22(11-9-21)19(23)14-20-13-17-6-4-12-24-17/h3,5,7,17,20H,4,6,8-14H2,1-2H3. The van der Waals surface area contributed by atoms with Crippen molar-refractivity contribution >= 4 is 11.6 Å². The molecule has 24 heavy (non-hydrogen) atoms. The van der Waals surface area contributed by atoms with E-state index < -0.39 is 0 Å². The van der Waals surface area contributed by atoms with E-state index in [-0.39, 0.29) is 5.91 Å². The number of piperazine rings is 1. The number of nitrogens with one attached hydrogen (secondary N) is 1. The lowest BCUT2D eigenvalue weighted by molar-refractivity contribution is -0.130. The number of hydrogen-bond acceptors (Lipinski definition) is 4. The predicted molar refractivity (Wildman–Crippen MR) is 96.6 cm³/mol. The minimum atomic E-state index is 0.202. The molecule has 2 aliphatic rings. The summed E-state index contributed by atoms with van der Waals surface area (Å²) in [6.07, 6.45) is 2.54. The third-order valence-corrected chi connectivity index (χ3v) is 5.22. The topological polar surface area (TPSA) is 44.8 Å². The van der Waals surface area contributed by atoms with Gasteiger partial charge in [0.2, 0.25) is 5.91 Å². The molecule has 0 saturated carbocycles. The molecule has 1 aromatic carbocycles. The number of carbonyl (C=O) groups is 1. The minimum Gasteiger partial charge on any atom is -0.377 e. The van der Waals surface area contributed by atoms with Crippen LogP contribution < -0.4 is 10.2 Å². The molecule has 1 N–H and O–H groups in total. The van der Waals surface area contributed by atoms with E-state index >= 15 is 0 Å². The number of aryl methyl sites for hydroxylation is 1. The molecule has 2 fully saturated rings. The van der Waals surface area contributed by atoms with Gasteiger partial charge in [-0.25, -0.2) is 0 Å². The van der Waals surface area contributed by atoms with E-state index in [1.54, 1.807) is 0 Å². The van der Waals surface area contributed by atoms with Crippen molar-refractivity contribution in [2.75, 3.05) is 50.8 Å². The van der Waals surface area contributed by atoms with Crippen LogP contribution in [0.3, 0.4) is 0 Å². The molecule has 2 saturated heterocycles. The molecule has 0 aliphatic carbocycles. The maximum Gasteiger partial charge on any atom is 0.236 e. The second-order valence-electron chi connectivity index (χ2n) is 6.85. The maximum absolute atomic E-state index is 12.3. The van der Waals surface area contributed by atoms with Crippen molar-refractivity contribution < 1.29 is 9.53 Å². The number of anilines is 1. The summed E-state index contributed by atoms with van der Waals surface area (Å²) in [5, 5.41) is 3.25. The Hall–Kier alpha value is -1.59. The van der Waals surface area contributed by atoms with E-state index in [0.717, 1.165) is 52.2 Å².